The first-order valence-electron chi connectivity index (χ1n) is 14.7. The van der Waals surface area contributed by atoms with Gasteiger partial charge in [-0.05, 0) is 54.9 Å². The number of rotatable bonds is 14. The van der Waals surface area contributed by atoms with E-state index in [-0.39, 0.29) is 18.3 Å². The third kappa shape index (κ3) is 10.5. The summed E-state index contributed by atoms with van der Waals surface area (Å²) in [7, 11) is 0. The van der Waals surface area contributed by atoms with Crippen molar-refractivity contribution in [1.29, 1.82) is 0 Å². The Kier molecular flexibility index (Phi) is 13.9. The van der Waals surface area contributed by atoms with Crippen LogP contribution in [0.1, 0.15) is 91.9 Å². The van der Waals surface area contributed by atoms with Crippen LogP contribution in [-0.4, -0.2) is 64.1 Å². The molecule has 0 radical (unpaired) electrons. The van der Waals surface area contributed by atoms with E-state index in [9.17, 15) is 29.7 Å². The van der Waals surface area contributed by atoms with E-state index in [0.29, 0.717) is 23.8 Å². The number of aliphatic hydroxyl groups is 2. The topological polar surface area (TPSA) is 130 Å². The molecule has 8 nitrogen and oxygen atoms in total. The number of aliphatic carboxylic acids is 1. The molecule has 1 aliphatic carbocycles. The predicted molar refractivity (Wildman–Crippen MR) is 149 cm³/mol. The summed E-state index contributed by atoms with van der Waals surface area (Å²) in [6.07, 6.45) is 7.62. The first-order valence-corrected chi connectivity index (χ1v) is 14.7. The monoisotopic (exact) mass is 550 g/mol. The fraction of sp³-hybridized carbons (Fsp3) is 0.774. The molecule has 0 aromatic carbocycles. The van der Waals surface area contributed by atoms with E-state index in [1.807, 2.05) is 13.8 Å². The Morgan fingerprint density at radius 2 is 1.85 bits per heavy atom. The fourth-order valence-electron chi connectivity index (χ4n) is 5.89. The molecule has 0 spiro atoms. The van der Waals surface area contributed by atoms with Crippen molar-refractivity contribution < 1.29 is 39.2 Å². The first-order chi connectivity index (χ1) is 18.4. The molecule has 1 saturated carbocycles. The average molecular weight is 551 g/mol. The van der Waals surface area contributed by atoms with Gasteiger partial charge in [-0.2, -0.15) is 0 Å². The number of Topliss-reactive ketones (excluding diaryl/α,β-unsaturated/α-hetero) is 1. The molecule has 0 amide bonds. The summed E-state index contributed by atoms with van der Waals surface area (Å²) in [5, 5.41) is 31.6. The lowest BCUT2D eigenvalue weighted by Gasteiger charge is -2.30. The van der Waals surface area contributed by atoms with Crippen LogP contribution in [0.2, 0.25) is 0 Å². The van der Waals surface area contributed by atoms with Crippen LogP contribution in [0, 0.1) is 29.6 Å². The number of hydrogen-bond acceptors (Lipinski definition) is 7. The van der Waals surface area contributed by atoms with Crippen molar-refractivity contribution in [3.8, 4) is 0 Å². The van der Waals surface area contributed by atoms with Crippen molar-refractivity contribution in [2.24, 2.45) is 29.6 Å². The molecule has 3 N–H and O–H groups in total. The van der Waals surface area contributed by atoms with Crippen molar-refractivity contribution in [2.45, 2.75) is 116 Å². The lowest BCUT2D eigenvalue weighted by Crippen LogP contribution is -2.47. The third-order valence-electron chi connectivity index (χ3n) is 8.52. The summed E-state index contributed by atoms with van der Waals surface area (Å²) >= 11 is 0. The molecule has 2 rings (SSSR count). The Labute approximate surface area is 233 Å². The minimum absolute atomic E-state index is 0.0433. The molecule has 0 bridgehead atoms. The maximum absolute atomic E-state index is 12.6. The van der Waals surface area contributed by atoms with Gasteiger partial charge in [-0.3, -0.25) is 9.59 Å². The van der Waals surface area contributed by atoms with Gasteiger partial charge in [0.05, 0.1) is 12.2 Å². The molecule has 8 heteroatoms. The van der Waals surface area contributed by atoms with Crippen LogP contribution < -0.4 is 0 Å². The predicted octanol–water partition coefficient (Wildman–Crippen LogP) is 4.86. The Morgan fingerprint density at radius 1 is 1.18 bits per heavy atom. The van der Waals surface area contributed by atoms with E-state index in [1.165, 1.54) is 38.2 Å². The van der Waals surface area contributed by atoms with Crippen LogP contribution in [0.3, 0.4) is 0 Å². The molecule has 222 valence electrons. The van der Waals surface area contributed by atoms with Crippen LogP contribution in [0.4, 0.5) is 0 Å². The van der Waals surface area contributed by atoms with Crippen molar-refractivity contribution in [2.75, 3.05) is 6.61 Å². The van der Waals surface area contributed by atoms with E-state index in [1.54, 1.807) is 6.08 Å². The van der Waals surface area contributed by atoms with E-state index < -0.39 is 54.7 Å². The number of hydrogen-bond donors (Lipinski definition) is 3. The Balaban J connectivity index is 2.03. The standard InChI is InChI=1S/C31H50O8/c1-6-19(2)16-20(3)12-15-26(33)39-30-27(31(36)37)24(32)18-38-25(29(30)35)14-13-21(4)28(34)22(5)17-23-10-8-7-9-11-23/h12,15,19-20,22-23,25,27-30,34-35H,4,6-11,13-14,16-18H2,1-3,5H3,(H,36,37)/b15-12+/t19?,20?,22-,25?,27?,28-,29+,30+/m1/s1. The van der Waals surface area contributed by atoms with Crippen LogP contribution in [0.25, 0.3) is 0 Å². The van der Waals surface area contributed by atoms with Crippen LogP contribution in [-0.2, 0) is 23.9 Å². The van der Waals surface area contributed by atoms with Gasteiger partial charge in [-0.15, -0.1) is 0 Å². The second-order valence-corrected chi connectivity index (χ2v) is 12.0. The number of carboxylic acids is 1. The molecule has 2 aliphatic rings. The summed E-state index contributed by atoms with van der Waals surface area (Å²) < 4.78 is 11.0. The van der Waals surface area contributed by atoms with Gasteiger partial charge in [-0.25, -0.2) is 4.79 Å². The third-order valence-corrected chi connectivity index (χ3v) is 8.52. The maximum Gasteiger partial charge on any atom is 0.330 e. The van der Waals surface area contributed by atoms with E-state index in [0.717, 1.165) is 19.3 Å². The molecule has 0 aromatic heterocycles. The van der Waals surface area contributed by atoms with Gasteiger partial charge in [0.15, 0.2) is 17.8 Å². The van der Waals surface area contributed by atoms with Gasteiger partial charge in [0.1, 0.15) is 12.7 Å². The fourth-order valence-corrected chi connectivity index (χ4v) is 5.89. The molecular formula is C31H50O8. The van der Waals surface area contributed by atoms with Gasteiger partial charge < -0.3 is 24.8 Å². The van der Waals surface area contributed by atoms with Crippen molar-refractivity contribution >= 4 is 17.7 Å². The minimum Gasteiger partial charge on any atom is -0.481 e. The van der Waals surface area contributed by atoms with E-state index >= 15 is 0 Å². The SMILES string of the molecule is C=C(CCC1OCC(=O)C(C(=O)O)[C@H](OC(=O)/C=C/C(C)CC(C)CC)[C@H]1O)[C@@H](O)[C@H](C)CC1CCCCC1. The highest BCUT2D eigenvalue weighted by atomic mass is 16.6. The van der Waals surface area contributed by atoms with Gasteiger partial charge >= 0.3 is 11.9 Å². The highest BCUT2D eigenvalue weighted by Gasteiger charge is 2.47. The van der Waals surface area contributed by atoms with Gasteiger partial charge in [0, 0.05) is 6.08 Å². The number of allylic oxidation sites excluding steroid dienone is 1. The first kappa shape index (κ1) is 33.2. The minimum atomic E-state index is -1.73. The molecular weight excluding hydrogens is 500 g/mol. The number of carboxylic acid groups (broad SMARTS) is 1. The van der Waals surface area contributed by atoms with Crippen LogP contribution in [0.5, 0.6) is 0 Å². The van der Waals surface area contributed by atoms with Gasteiger partial charge in [0.25, 0.3) is 0 Å². The Hall–Kier alpha value is -2.03. The number of ketones is 1. The average Bonchev–Trinajstić information content (AvgIpc) is 3.01. The zero-order chi connectivity index (χ0) is 29.1. The summed E-state index contributed by atoms with van der Waals surface area (Å²) in [6, 6.07) is 0. The van der Waals surface area contributed by atoms with Crippen molar-refractivity contribution in [3.05, 3.63) is 24.3 Å². The summed E-state index contributed by atoms with van der Waals surface area (Å²) in [5.74, 6) is -3.54. The van der Waals surface area contributed by atoms with E-state index in [2.05, 4.69) is 20.4 Å². The molecule has 0 aromatic rings. The number of carbonyl (C=O) groups is 3. The molecule has 39 heavy (non-hydrogen) atoms. The number of ether oxygens (including phenoxy) is 2. The second kappa shape index (κ2) is 16.3. The molecule has 4 unspecified atom stereocenters. The molecule has 1 saturated heterocycles. The molecule has 1 aliphatic heterocycles. The maximum atomic E-state index is 12.6. The lowest BCUT2D eigenvalue weighted by atomic mass is 9.80. The van der Waals surface area contributed by atoms with Gasteiger partial charge in [0.2, 0.25) is 0 Å². The summed E-state index contributed by atoms with van der Waals surface area (Å²) in [6.45, 7) is 11.8. The van der Waals surface area contributed by atoms with E-state index in [4.69, 9.17) is 9.47 Å². The van der Waals surface area contributed by atoms with Crippen molar-refractivity contribution in [1.82, 2.24) is 0 Å². The lowest BCUT2D eigenvalue weighted by molar-refractivity contribution is -0.167. The van der Waals surface area contributed by atoms with Crippen LogP contribution in [0.15, 0.2) is 24.3 Å². The van der Waals surface area contributed by atoms with Crippen molar-refractivity contribution in [3.63, 3.8) is 0 Å². The number of aliphatic hydroxyl groups excluding tert-OH is 2. The highest BCUT2D eigenvalue weighted by Crippen LogP contribution is 2.32. The highest BCUT2D eigenvalue weighted by molar-refractivity contribution is 6.00. The normalized spacial score (nSPS) is 27.9. The Bertz CT molecular complexity index is 846. The molecule has 1 heterocycles. The summed E-state index contributed by atoms with van der Waals surface area (Å²) in [4.78, 5) is 37.1. The smallest absolute Gasteiger partial charge is 0.330 e. The van der Waals surface area contributed by atoms with Crippen LogP contribution >= 0.6 is 0 Å². The second-order valence-electron chi connectivity index (χ2n) is 12.0. The quantitative estimate of drug-likeness (QED) is 0.121. The van der Waals surface area contributed by atoms with Gasteiger partial charge in [-0.1, -0.05) is 78.9 Å². The zero-order valence-electron chi connectivity index (χ0n) is 24.2. The Morgan fingerprint density at radius 3 is 2.46 bits per heavy atom. The molecule has 8 atom stereocenters. The zero-order valence-corrected chi connectivity index (χ0v) is 24.2. The number of carbonyl (C=O) groups excluding carboxylic acids is 2. The largest absolute Gasteiger partial charge is 0.481 e. The summed E-state index contributed by atoms with van der Waals surface area (Å²) in [5.41, 5.74) is 0.603. The molecule has 2 fully saturated rings. The number of esters is 1.